The monoisotopic (exact) mass is 348 g/mol. The maximum Gasteiger partial charge on any atom is 0.228 e. The molecule has 2 aliphatic rings. The van der Waals surface area contributed by atoms with Gasteiger partial charge in [0.1, 0.15) is 12.4 Å². The van der Waals surface area contributed by atoms with E-state index in [-0.39, 0.29) is 17.9 Å². The van der Waals surface area contributed by atoms with E-state index < -0.39 is 0 Å². The first-order chi connectivity index (χ1) is 12.0. The van der Waals surface area contributed by atoms with Crippen LogP contribution in [0.5, 0.6) is 0 Å². The Morgan fingerprint density at radius 3 is 2.60 bits per heavy atom. The highest BCUT2D eigenvalue weighted by atomic mass is 16.3. The van der Waals surface area contributed by atoms with E-state index in [2.05, 4.69) is 28.9 Å². The third-order valence-corrected chi connectivity index (χ3v) is 6.03. The lowest BCUT2D eigenvalue weighted by atomic mass is 9.76. The summed E-state index contributed by atoms with van der Waals surface area (Å²) in [5, 5.41) is 17.7. The molecule has 0 aromatic carbocycles. The van der Waals surface area contributed by atoms with E-state index in [1.807, 2.05) is 11.6 Å². The number of carbonyl (C=O) groups is 1. The van der Waals surface area contributed by atoms with Gasteiger partial charge in [-0.15, -0.1) is 10.2 Å². The van der Waals surface area contributed by atoms with E-state index >= 15 is 0 Å². The summed E-state index contributed by atoms with van der Waals surface area (Å²) in [6, 6.07) is 0. The molecule has 1 saturated heterocycles. The highest BCUT2D eigenvalue weighted by molar-refractivity contribution is 5.83. The summed E-state index contributed by atoms with van der Waals surface area (Å²) in [5.74, 6) is 2.62. The molecule has 6 heteroatoms. The zero-order valence-electron chi connectivity index (χ0n) is 15.9. The first-order valence-corrected chi connectivity index (χ1v) is 9.75. The van der Waals surface area contributed by atoms with Crippen molar-refractivity contribution < 1.29 is 9.90 Å². The van der Waals surface area contributed by atoms with Gasteiger partial charge >= 0.3 is 0 Å². The fourth-order valence-corrected chi connectivity index (χ4v) is 4.91. The molecule has 2 fully saturated rings. The number of aliphatic hydroxyl groups is 1. The van der Waals surface area contributed by atoms with Crippen LogP contribution in [-0.4, -0.2) is 43.8 Å². The predicted molar refractivity (Wildman–Crippen MR) is 95.8 cm³/mol. The number of hydrogen-bond donors (Lipinski definition) is 1. The second kappa shape index (κ2) is 7.44. The molecule has 3 rings (SSSR count). The molecule has 1 atom stereocenters. The van der Waals surface area contributed by atoms with E-state index in [4.69, 9.17) is 0 Å². The number of aliphatic hydroxyl groups excluding tert-OH is 1. The third-order valence-electron chi connectivity index (χ3n) is 6.03. The Balaban J connectivity index is 1.76. The van der Waals surface area contributed by atoms with Gasteiger partial charge in [0.05, 0.1) is 0 Å². The predicted octanol–water partition coefficient (Wildman–Crippen LogP) is 2.62. The summed E-state index contributed by atoms with van der Waals surface area (Å²) in [6.45, 7) is 5.94. The smallest absolute Gasteiger partial charge is 0.228 e. The van der Waals surface area contributed by atoms with Gasteiger partial charge in [-0.3, -0.25) is 4.79 Å². The van der Waals surface area contributed by atoms with Crippen molar-refractivity contribution in [2.45, 2.75) is 71.3 Å². The van der Waals surface area contributed by atoms with Gasteiger partial charge in [0.15, 0.2) is 5.82 Å². The van der Waals surface area contributed by atoms with Crippen molar-refractivity contribution in [1.29, 1.82) is 0 Å². The van der Waals surface area contributed by atoms with Gasteiger partial charge in [0.25, 0.3) is 0 Å². The Morgan fingerprint density at radius 2 is 2.00 bits per heavy atom. The van der Waals surface area contributed by atoms with Crippen molar-refractivity contribution in [3.8, 4) is 0 Å². The number of hydrogen-bond acceptors (Lipinski definition) is 4. The number of nitrogens with zero attached hydrogens (tertiary/aromatic N) is 4. The van der Waals surface area contributed by atoms with Crippen molar-refractivity contribution in [2.75, 3.05) is 13.1 Å². The van der Waals surface area contributed by atoms with Crippen LogP contribution < -0.4 is 0 Å². The normalized spacial score (nSPS) is 23.4. The van der Waals surface area contributed by atoms with Gasteiger partial charge < -0.3 is 14.6 Å². The Bertz CT molecular complexity index is 605. The summed E-state index contributed by atoms with van der Waals surface area (Å²) in [7, 11) is 1.90. The zero-order chi connectivity index (χ0) is 18.0. The van der Waals surface area contributed by atoms with Crippen LogP contribution in [0.1, 0.15) is 76.4 Å². The number of amides is 1. The van der Waals surface area contributed by atoms with Gasteiger partial charge in [0.2, 0.25) is 5.91 Å². The van der Waals surface area contributed by atoms with Crippen LogP contribution in [0.2, 0.25) is 0 Å². The SMILES string of the molecule is CC(C)CC1(C(=O)N2CCCC(c3nnc(CO)n3C)C2)CCCC1. The molecule has 6 nitrogen and oxygen atoms in total. The van der Waals surface area contributed by atoms with Crippen LogP contribution >= 0.6 is 0 Å². The first-order valence-electron chi connectivity index (χ1n) is 9.75. The maximum atomic E-state index is 13.4. The Kier molecular flexibility index (Phi) is 5.46. The molecule has 1 aliphatic carbocycles. The molecule has 25 heavy (non-hydrogen) atoms. The molecule has 140 valence electrons. The largest absolute Gasteiger partial charge is 0.388 e. The lowest BCUT2D eigenvalue weighted by Crippen LogP contribution is -2.47. The number of rotatable bonds is 5. The highest BCUT2D eigenvalue weighted by Crippen LogP contribution is 2.45. The topological polar surface area (TPSA) is 71.2 Å². The van der Waals surface area contributed by atoms with Gasteiger partial charge in [-0.1, -0.05) is 26.7 Å². The molecule has 1 unspecified atom stereocenters. The minimum Gasteiger partial charge on any atom is -0.388 e. The van der Waals surface area contributed by atoms with Crippen LogP contribution in [0.25, 0.3) is 0 Å². The molecular formula is C19H32N4O2. The van der Waals surface area contributed by atoms with E-state index in [0.29, 0.717) is 17.6 Å². The highest BCUT2D eigenvalue weighted by Gasteiger charge is 2.44. The standard InChI is InChI=1S/C19H32N4O2/c1-14(2)11-19(8-4-5-9-19)18(25)23-10-6-7-15(12-23)17-21-20-16(13-24)22(17)3/h14-15,24H,4-13H2,1-3H3. The molecule has 1 amide bonds. The maximum absolute atomic E-state index is 13.4. The molecular weight excluding hydrogens is 316 g/mol. The Morgan fingerprint density at radius 1 is 1.28 bits per heavy atom. The number of carbonyl (C=O) groups excluding carboxylic acids is 1. The van der Waals surface area contributed by atoms with Crippen LogP contribution in [0.15, 0.2) is 0 Å². The average molecular weight is 348 g/mol. The van der Waals surface area contributed by atoms with E-state index in [9.17, 15) is 9.90 Å². The van der Waals surface area contributed by atoms with Crippen LogP contribution in [0.3, 0.4) is 0 Å². The van der Waals surface area contributed by atoms with Crippen LogP contribution in [-0.2, 0) is 18.4 Å². The van der Waals surface area contributed by atoms with Crippen molar-refractivity contribution in [1.82, 2.24) is 19.7 Å². The second-order valence-electron chi connectivity index (χ2n) is 8.37. The Hall–Kier alpha value is -1.43. The molecule has 2 heterocycles. The molecule has 0 radical (unpaired) electrons. The minimum atomic E-state index is -0.133. The first kappa shape index (κ1) is 18.4. The fourth-order valence-electron chi connectivity index (χ4n) is 4.91. The van der Waals surface area contributed by atoms with Gasteiger partial charge in [-0.25, -0.2) is 0 Å². The second-order valence-corrected chi connectivity index (χ2v) is 8.37. The molecule has 0 spiro atoms. The molecule has 0 bridgehead atoms. The number of aromatic nitrogens is 3. The summed E-state index contributed by atoms with van der Waals surface area (Å²) >= 11 is 0. The third kappa shape index (κ3) is 3.59. The number of likely N-dealkylation sites (tertiary alicyclic amines) is 1. The lowest BCUT2D eigenvalue weighted by molar-refractivity contribution is -0.144. The van der Waals surface area contributed by atoms with E-state index in [1.165, 1.54) is 12.8 Å². The van der Waals surface area contributed by atoms with E-state index in [1.54, 1.807) is 0 Å². The van der Waals surface area contributed by atoms with E-state index in [0.717, 1.165) is 51.0 Å². The summed E-state index contributed by atoms with van der Waals surface area (Å²) in [5.41, 5.74) is -0.133. The lowest BCUT2D eigenvalue weighted by Gasteiger charge is -2.39. The molecule has 1 aromatic rings. The molecule has 1 N–H and O–H groups in total. The Labute approximate surface area is 150 Å². The van der Waals surface area contributed by atoms with Crippen molar-refractivity contribution in [3.05, 3.63) is 11.6 Å². The summed E-state index contributed by atoms with van der Waals surface area (Å²) < 4.78 is 1.89. The van der Waals surface area contributed by atoms with Crippen molar-refractivity contribution >= 4 is 5.91 Å². The van der Waals surface area contributed by atoms with Crippen molar-refractivity contribution in [3.63, 3.8) is 0 Å². The van der Waals surface area contributed by atoms with Crippen LogP contribution in [0, 0.1) is 11.3 Å². The fraction of sp³-hybridized carbons (Fsp3) is 0.842. The number of piperidine rings is 1. The average Bonchev–Trinajstić information content (AvgIpc) is 3.21. The van der Waals surface area contributed by atoms with Gasteiger partial charge in [-0.05, 0) is 38.0 Å². The minimum absolute atomic E-state index is 0.101. The molecule has 1 aromatic heterocycles. The summed E-state index contributed by atoms with van der Waals surface area (Å²) in [4.78, 5) is 15.5. The molecule has 1 saturated carbocycles. The zero-order valence-corrected chi connectivity index (χ0v) is 15.9. The van der Waals surface area contributed by atoms with Crippen molar-refractivity contribution in [2.24, 2.45) is 18.4 Å². The molecule has 1 aliphatic heterocycles. The van der Waals surface area contributed by atoms with Crippen LogP contribution in [0.4, 0.5) is 0 Å². The summed E-state index contributed by atoms with van der Waals surface area (Å²) in [6.07, 6.45) is 7.49. The van der Waals surface area contributed by atoms with Gasteiger partial charge in [-0.2, -0.15) is 0 Å². The quantitative estimate of drug-likeness (QED) is 0.888. The van der Waals surface area contributed by atoms with Gasteiger partial charge in [0, 0.05) is 31.5 Å².